The quantitative estimate of drug-likeness (QED) is 0.862. The minimum atomic E-state index is -1.25. The van der Waals surface area contributed by atoms with E-state index in [9.17, 15) is 9.90 Å². The lowest BCUT2D eigenvalue weighted by Crippen LogP contribution is -2.54. The van der Waals surface area contributed by atoms with Crippen molar-refractivity contribution in [2.24, 2.45) is 11.7 Å². The molecule has 1 rings (SSSR count). The molecular formula is C14H20ClNO2. The molecule has 18 heavy (non-hydrogen) atoms. The molecule has 100 valence electrons. The maximum absolute atomic E-state index is 11.5. The molecule has 0 aromatic heterocycles. The van der Waals surface area contributed by atoms with Gasteiger partial charge in [0.05, 0.1) is 0 Å². The van der Waals surface area contributed by atoms with Gasteiger partial charge in [-0.15, -0.1) is 0 Å². The van der Waals surface area contributed by atoms with Crippen molar-refractivity contribution in [3.63, 3.8) is 0 Å². The molecule has 0 fully saturated rings. The lowest BCUT2D eigenvalue weighted by atomic mass is 9.72. The maximum Gasteiger partial charge on any atom is 0.324 e. The van der Waals surface area contributed by atoms with E-state index in [2.05, 4.69) is 0 Å². The summed E-state index contributed by atoms with van der Waals surface area (Å²) >= 11 is 5.86. The predicted octanol–water partition coefficient (Wildman–Crippen LogP) is 3.27. The zero-order chi connectivity index (χ0) is 13.9. The van der Waals surface area contributed by atoms with E-state index in [1.165, 1.54) is 0 Å². The van der Waals surface area contributed by atoms with Gasteiger partial charge < -0.3 is 10.8 Å². The fraction of sp³-hybridized carbons (Fsp3) is 0.500. The molecule has 3 N–H and O–H groups in total. The van der Waals surface area contributed by atoms with E-state index < -0.39 is 11.5 Å². The van der Waals surface area contributed by atoms with Gasteiger partial charge in [0, 0.05) is 10.9 Å². The van der Waals surface area contributed by atoms with Gasteiger partial charge in [-0.25, -0.2) is 0 Å². The van der Waals surface area contributed by atoms with Crippen LogP contribution in [0, 0.1) is 5.92 Å². The number of hydrogen-bond donors (Lipinski definition) is 2. The molecule has 0 spiro atoms. The summed E-state index contributed by atoms with van der Waals surface area (Å²) < 4.78 is 0. The minimum Gasteiger partial charge on any atom is -0.480 e. The van der Waals surface area contributed by atoms with Crippen molar-refractivity contribution in [2.75, 3.05) is 0 Å². The van der Waals surface area contributed by atoms with Crippen molar-refractivity contribution >= 4 is 17.6 Å². The fourth-order valence-corrected chi connectivity index (χ4v) is 2.58. The molecule has 4 heteroatoms. The molecular weight excluding hydrogens is 250 g/mol. The minimum absolute atomic E-state index is 0.132. The Morgan fingerprint density at radius 3 is 2.22 bits per heavy atom. The van der Waals surface area contributed by atoms with E-state index in [0.717, 1.165) is 5.56 Å². The number of carboxylic acid groups (broad SMARTS) is 1. The zero-order valence-electron chi connectivity index (χ0n) is 11.0. The molecule has 0 saturated heterocycles. The maximum atomic E-state index is 11.5. The summed E-state index contributed by atoms with van der Waals surface area (Å²) in [5.41, 5.74) is 5.79. The number of halogens is 1. The Balaban J connectivity index is 3.25. The average molecular weight is 270 g/mol. The summed E-state index contributed by atoms with van der Waals surface area (Å²) in [7, 11) is 0. The summed E-state index contributed by atoms with van der Waals surface area (Å²) in [6, 6.07) is 7.24. The Kier molecular flexibility index (Phi) is 4.77. The van der Waals surface area contributed by atoms with Gasteiger partial charge in [-0.05, 0) is 30.0 Å². The monoisotopic (exact) mass is 269 g/mol. The van der Waals surface area contributed by atoms with Gasteiger partial charge in [-0.3, -0.25) is 4.79 Å². The fourth-order valence-electron chi connectivity index (χ4n) is 2.45. The molecule has 1 aromatic rings. The SMILES string of the molecule is CCC(N)(C(=O)O)C(c1ccc(Cl)cc1)C(C)C. The highest BCUT2D eigenvalue weighted by Gasteiger charge is 2.43. The lowest BCUT2D eigenvalue weighted by molar-refractivity contribution is -0.145. The van der Waals surface area contributed by atoms with Gasteiger partial charge in [0.1, 0.15) is 5.54 Å². The van der Waals surface area contributed by atoms with Crippen LogP contribution in [0.4, 0.5) is 0 Å². The first-order chi connectivity index (χ1) is 8.32. The number of carbonyl (C=O) groups is 1. The third kappa shape index (κ3) is 2.85. The van der Waals surface area contributed by atoms with E-state index in [1.807, 2.05) is 26.0 Å². The van der Waals surface area contributed by atoms with Crippen molar-refractivity contribution in [2.45, 2.75) is 38.6 Å². The van der Waals surface area contributed by atoms with Crippen molar-refractivity contribution in [1.82, 2.24) is 0 Å². The summed E-state index contributed by atoms with van der Waals surface area (Å²) in [5.74, 6) is -1.07. The average Bonchev–Trinajstić information content (AvgIpc) is 2.31. The Morgan fingerprint density at radius 2 is 1.89 bits per heavy atom. The first-order valence-electron chi connectivity index (χ1n) is 6.10. The van der Waals surface area contributed by atoms with Crippen LogP contribution < -0.4 is 5.73 Å². The normalized spacial score (nSPS) is 16.3. The highest BCUT2D eigenvalue weighted by Crippen LogP contribution is 2.36. The highest BCUT2D eigenvalue weighted by atomic mass is 35.5. The molecule has 0 aliphatic carbocycles. The van der Waals surface area contributed by atoms with Crippen LogP contribution >= 0.6 is 11.6 Å². The smallest absolute Gasteiger partial charge is 0.324 e. The second kappa shape index (κ2) is 5.72. The lowest BCUT2D eigenvalue weighted by Gasteiger charge is -2.36. The second-order valence-electron chi connectivity index (χ2n) is 4.97. The zero-order valence-corrected chi connectivity index (χ0v) is 11.7. The molecule has 0 saturated carbocycles. The topological polar surface area (TPSA) is 63.3 Å². The first kappa shape index (κ1) is 15.0. The van der Waals surface area contributed by atoms with Crippen LogP contribution in [-0.4, -0.2) is 16.6 Å². The molecule has 3 nitrogen and oxygen atoms in total. The van der Waals surface area contributed by atoms with E-state index in [0.29, 0.717) is 11.4 Å². The van der Waals surface area contributed by atoms with Crippen LogP contribution in [0.1, 0.15) is 38.7 Å². The van der Waals surface area contributed by atoms with Gasteiger partial charge in [0.2, 0.25) is 0 Å². The first-order valence-corrected chi connectivity index (χ1v) is 6.48. The number of benzene rings is 1. The number of nitrogens with two attached hydrogens (primary N) is 1. The van der Waals surface area contributed by atoms with Crippen molar-refractivity contribution in [1.29, 1.82) is 0 Å². The van der Waals surface area contributed by atoms with Crippen LogP contribution in [0.3, 0.4) is 0 Å². The van der Waals surface area contributed by atoms with Crippen molar-refractivity contribution in [3.05, 3.63) is 34.9 Å². The molecule has 0 aliphatic rings. The standard InChI is InChI=1S/C14H20ClNO2/c1-4-14(16,13(17)18)12(9(2)3)10-5-7-11(15)8-6-10/h5-9,12H,4,16H2,1-3H3,(H,17,18). The van der Waals surface area contributed by atoms with E-state index in [-0.39, 0.29) is 11.8 Å². The van der Waals surface area contributed by atoms with Gasteiger partial charge in [0.25, 0.3) is 0 Å². The van der Waals surface area contributed by atoms with E-state index >= 15 is 0 Å². The Morgan fingerprint density at radius 1 is 1.39 bits per heavy atom. The highest BCUT2D eigenvalue weighted by molar-refractivity contribution is 6.30. The van der Waals surface area contributed by atoms with E-state index in [1.54, 1.807) is 19.1 Å². The van der Waals surface area contributed by atoms with Crippen LogP contribution in [0.5, 0.6) is 0 Å². The Hall–Kier alpha value is -1.06. The Labute approximate surface area is 113 Å². The number of rotatable bonds is 5. The number of hydrogen-bond acceptors (Lipinski definition) is 2. The second-order valence-corrected chi connectivity index (χ2v) is 5.41. The summed E-state index contributed by atoms with van der Waals surface area (Å²) in [6.07, 6.45) is 0.383. The molecule has 2 atom stereocenters. The van der Waals surface area contributed by atoms with Crippen LogP contribution in [0.2, 0.25) is 5.02 Å². The Bertz CT molecular complexity index is 416. The van der Waals surface area contributed by atoms with Gasteiger partial charge in [-0.2, -0.15) is 0 Å². The van der Waals surface area contributed by atoms with Crippen LogP contribution in [0.15, 0.2) is 24.3 Å². The molecule has 0 amide bonds. The predicted molar refractivity (Wildman–Crippen MR) is 73.9 cm³/mol. The van der Waals surface area contributed by atoms with Crippen molar-refractivity contribution in [3.8, 4) is 0 Å². The van der Waals surface area contributed by atoms with Crippen molar-refractivity contribution < 1.29 is 9.90 Å². The molecule has 2 unspecified atom stereocenters. The molecule has 1 aromatic carbocycles. The number of aliphatic carboxylic acids is 1. The van der Waals surface area contributed by atoms with Gasteiger partial charge in [0.15, 0.2) is 0 Å². The molecule has 0 aliphatic heterocycles. The molecule has 0 bridgehead atoms. The largest absolute Gasteiger partial charge is 0.480 e. The van der Waals surface area contributed by atoms with Crippen LogP contribution in [-0.2, 0) is 4.79 Å². The molecule has 0 radical (unpaired) electrons. The molecule has 0 heterocycles. The van der Waals surface area contributed by atoms with E-state index in [4.69, 9.17) is 17.3 Å². The third-order valence-corrected chi connectivity index (χ3v) is 3.69. The summed E-state index contributed by atoms with van der Waals surface area (Å²) in [5, 5.41) is 10.1. The van der Waals surface area contributed by atoms with Gasteiger partial charge in [-0.1, -0.05) is 44.5 Å². The number of carboxylic acids is 1. The van der Waals surface area contributed by atoms with Crippen LogP contribution in [0.25, 0.3) is 0 Å². The third-order valence-electron chi connectivity index (χ3n) is 3.43. The van der Waals surface area contributed by atoms with Gasteiger partial charge >= 0.3 is 5.97 Å². The summed E-state index contributed by atoms with van der Waals surface area (Å²) in [4.78, 5) is 11.5. The summed E-state index contributed by atoms with van der Waals surface area (Å²) in [6.45, 7) is 5.78.